The highest BCUT2D eigenvalue weighted by Gasteiger charge is 2.15. The quantitative estimate of drug-likeness (QED) is 0.742. The van der Waals surface area contributed by atoms with Gasteiger partial charge in [0.25, 0.3) is 0 Å². The number of aliphatic imine (C=N–C) groups is 1. The fraction of sp³-hybridized carbons (Fsp3) is 0.500. The minimum atomic E-state index is 0.552. The fourth-order valence-corrected chi connectivity index (χ4v) is 2.13. The Balaban J connectivity index is 2.13. The molecule has 2 nitrogen and oxygen atoms in total. The summed E-state index contributed by atoms with van der Waals surface area (Å²) >= 11 is 0. The lowest BCUT2D eigenvalue weighted by Gasteiger charge is -2.25. The number of hydrogen-bond acceptors (Lipinski definition) is 2. The van der Waals surface area contributed by atoms with Gasteiger partial charge in [0.1, 0.15) is 0 Å². The number of hydrogen-bond donors (Lipinski definition) is 0. The highest BCUT2D eigenvalue weighted by atomic mass is 15.1. The van der Waals surface area contributed by atoms with Crippen LogP contribution in [0, 0.1) is 0 Å². The maximum Gasteiger partial charge on any atom is 0.0847 e. The first-order chi connectivity index (χ1) is 7.66. The molecule has 0 saturated heterocycles. The van der Waals surface area contributed by atoms with Gasteiger partial charge >= 0.3 is 0 Å². The van der Waals surface area contributed by atoms with Gasteiger partial charge in [0.15, 0.2) is 0 Å². The van der Waals surface area contributed by atoms with Gasteiger partial charge < -0.3 is 4.90 Å². The van der Waals surface area contributed by atoms with Crippen molar-refractivity contribution in [2.24, 2.45) is 4.99 Å². The second-order valence-electron chi connectivity index (χ2n) is 4.94. The average molecular weight is 216 g/mol. The Morgan fingerprint density at radius 3 is 2.50 bits per heavy atom. The van der Waals surface area contributed by atoms with Gasteiger partial charge in [0, 0.05) is 26.1 Å². The van der Waals surface area contributed by atoms with Crippen LogP contribution in [0.3, 0.4) is 0 Å². The molecule has 0 amide bonds. The Labute approximate surface area is 98.0 Å². The maximum atomic E-state index is 4.37. The minimum absolute atomic E-state index is 0.552. The molecule has 0 spiro atoms. The van der Waals surface area contributed by atoms with Gasteiger partial charge in [-0.15, -0.1) is 0 Å². The zero-order chi connectivity index (χ0) is 11.5. The van der Waals surface area contributed by atoms with E-state index in [1.165, 1.54) is 11.1 Å². The van der Waals surface area contributed by atoms with Crippen molar-refractivity contribution in [3.05, 3.63) is 35.4 Å². The van der Waals surface area contributed by atoms with Crippen molar-refractivity contribution >= 4 is 6.34 Å². The third-order valence-electron chi connectivity index (χ3n) is 3.19. The van der Waals surface area contributed by atoms with Crippen molar-refractivity contribution in [2.45, 2.75) is 25.7 Å². The summed E-state index contributed by atoms with van der Waals surface area (Å²) in [6.07, 6.45) is 1.93. The molecule has 0 aliphatic carbocycles. The van der Waals surface area contributed by atoms with E-state index in [-0.39, 0.29) is 0 Å². The van der Waals surface area contributed by atoms with Gasteiger partial charge in [-0.2, -0.15) is 0 Å². The van der Waals surface area contributed by atoms with Gasteiger partial charge in [-0.1, -0.05) is 38.1 Å². The molecule has 0 saturated carbocycles. The van der Waals surface area contributed by atoms with Crippen LogP contribution in [-0.2, 0) is 0 Å². The summed E-state index contributed by atoms with van der Waals surface area (Å²) in [7, 11) is 2.08. The van der Waals surface area contributed by atoms with Crippen LogP contribution < -0.4 is 0 Å². The van der Waals surface area contributed by atoms with Crippen LogP contribution in [-0.4, -0.2) is 31.4 Å². The molecule has 1 aromatic carbocycles. The smallest absolute Gasteiger partial charge is 0.0847 e. The van der Waals surface area contributed by atoms with Crippen molar-refractivity contribution in [1.29, 1.82) is 0 Å². The molecule has 2 rings (SSSR count). The molecule has 0 bridgehead atoms. The van der Waals surface area contributed by atoms with Gasteiger partial charge in [0.2, 0.25) is 0 Å². The van der Waals surface area contributed by atoms with Gasteiger partial charge in [-0.25, -0.2) is 0 Å². The highest BCUT2D eigenvalue weighted by molar-refractivity contribution is 5.56. The van der Waals surface area contributed by atoms with Crippen molar-refractivity contribution in [3.8, 4) is 0 Å². The van der Waals surface area contributed by atoms with Crippen LogP contribution in [0.15, 0.2) is 29.3 Å². The molecule has 1 aliphatic rings. The maximum absolute atomic E-state index is 4.37. The average Bonchev–Trinajstić information content (AvgIpc) is 2.29. The molecule has 0 aromatic heterocycles. The van der Waals surface area contributed by atoms with E-state index in [0.717, 1.165) is 13.1 Å². The van der Waals surface area contributed by atoms with Crippen molar-refractivity contribution in [1.82, 2.24) is 4.90 Å². The van der Waals surface area contributed by atoms with E-state index in [1.807, 2.05) is 6.34 Å². The number of rotatable bonds is 2. The first-order valence-electron chi connectivity index (χ1n) is 5.97. The standard InChI is InChI=1S/C14H20N2/c1-11(2)12-4-6-13(7-5-12)14-8-15-10-16(3)9-14/h4-7,10-11,14H,8-9H2,1-3H3. The third-order valence-corrected chi connectivity index (χ3v) is 3.19. The molecule has 0 radical (unpaired) electrons. The summed E-state index contributed by atoms with van der Waals surface area (Å²) in [5.41, 5.74) is 2.82. The van der Waals surface area contributed by atoms with Crippen molar-refractivity contribution in [2.75, 3.05) is 20.1 Å². The zero-order valence-electron chi connectivity index (χ0n) is 10.4. The topological polar surface area (TPSA) is 15.6 Å². The molecule has 0 fully saturated rings. The van der Waals surface area contributed by atoms with Crippen molar-refractivity contribution in [3.63, 3.8) is 0 Å². The Hall–Kier alpha value is -1.31. The predicted octanol–water partition coefficient (Wildman–Crippen LogP) is 2.87. The van der Waals surface area contributed by atoms with Crippen molar-refractivity contribution < 1.29 is 0 Å². The molecule has 2 heteroatoms. The van der Waals surface area contributed by atoms with Crippen LogP contribution >= 0.6 is 0 Å². The Bertz CT molecular complexity index is 365. The van der Waals surface area contributed by atoms with Gasteiger partial charge in [-0.05, 0) is 17.0 Å². The monoisotopic (exact) mass is 216 g/mol. The fourth-order valence-electron chi connectivity index (χ4n) is 2.13. The van der Waals surface area contributed by atoms with Crippen LogP contribution in [0.5, 0.6) is 0 Å². The molecule has 16 heavy (non-hydrogen) atoms. The molecule has 1 heterocycles. The van der Waals surface area contributed by atoms with E-state index >= 15 is 0 Å². The predicted molar refractivity (Wildman–Crippen MR) is 69.3 cm³/mol. The summed E-state index contributed by atoms with van der Waals surface area (Å²) < 4.78 is 0. The Morgan fingerprint density at radius 1 is 1.25 bits per heavy atom. The van der Waals surface area contributed by atoms with E-state index in [9.17, 15) is 0 Å². The lowest BCUT2D eigenvalue weighted by molar-refractivity contribution is 0.440. The minimum Gasteiger partial charge on any atom is -0.365 e. The van der Waals surface area contributed by atoms with E-state index in [1.54, 1.807) is 0 Å². The summed E-state index contributed by atoms with van der Waals surface area (Å²) in [6, 6.07) is 9.01. The number of nitrogens with zero attached hydrogens (tertiary/aromatic N) is 2. The van der Waals surface area contributed by atoms with E-state index in [2.05, 4.69) is 55.1 Å². The van der Waals surface area contributed by atoms with Gasteiger partial charge in [-0.3, -0.25) is 4.99 Å². The summed E-state index contributed by atoms with van der Waals surface area (Å²) in [5, 5.41) is 0. The van der Waals surface area contributed by atoms with Crippen LogP contribution in [0.1, 0.15) is 36.8 Å². The van der Waals surface area contributed by atoms with E-state index < -0.39 is 0 Å². The molecule has 86 valence electrons. The van der Waals surface area contributed by atoms with Crippen LogP contribution in [0.25, 0.3) is 0 Å². The third kappa shape index (κ3) is 2.43. The largest absolute Gasteiger partial charge is 0.365 e. The molecule has 1 unspecified atom stereocenters. The van der Waals surface area contributed by atoms with Gasteiger partial charge in [0.05, 0.1) is 6.34 Å². The summed E-state index contributed by atoms with van der Waals surface area (Å²) in [5.74, 6) is 1.16. The Morgan fingerprint density at radius 2 is 1.94 bits per heavy atom. The molecular formula is C14H20N2. The first-order valence-corrected chi connectivity index (χ1v) is 5.97. The second-order valence-corrected chi connectivity index (χ2v) is 4.94. The van der Waals surface area contributed by atoms with E-state index in [0.29, 0.717) is 11.8 Å². The summed E-state index contributed by atoms with van der Waals surface area (Å²) in [4.78, 5) is 6.53. The zero-order valence-corrected chi connectivity index (χ0v) is 10.4. The second kappa shape index (κ2) is 4.69. The number of benzene rings is 1. The molecular weight excluding hydrogens is 196 g/mol. The van der Waals surface area contributed by atoms with Crippen LogP contribution in [0.2, 0.25) is 0 Å². The molecule has 0 N–H and O–H groups in total. The molecule has 1 aliphatic heterocycles. The van der Waals surface area contributed by atoms with Crippen LogP contribution in [0.4, 0.5) is 0 Å². The lowest BCUT2D eigenvalue weighted by atomic mass is 9.94. The number of likely N-dealkylation sites (N-methyl/N-ethyl adjacent to an activating group) is 1. The first kappa shape index (κ1) is 11.2. The summed E-state index contributed by atoms with van der Waals surface area (Å²) in [6.45, 7) is 6.46. The molecule has 1 aromatic rings. The molecule has 1 atom stereocenters. The lowest BCUT2D eigenvalue weighted by Crippen LogP contribution is -2.29. The van der Waals surface area contributed by atoms with E-state index in [4.69, 9.17) is 0 Å². The Kier molecular flexibility index (Phi) is 3.28. The highest BCUT2D eigenvalue weighted by Crippen LogP contribution is 2.22. The normalized spacial score (nSPS) is 20.5. The SMILES string of the molecule is CC(C)c1ccc(C2CN=CN(C)C2)cc1.